The summed E-state index contributed by atoms with van der Waals surface area (Å²) in [6.45, 7) is 1.89. The number of benzene rings is 1. The Morgan fingerprint density at radius 1 is 1.29 bits per heavy atom. The van der Waals surface area contributed by atoms with Crippen molar-refractivity contribution in [3.63, 3.8) is 0 Å². The zero-order valence-electron chi connectivity index (χ0n) is 11.7. The molecule has 0 aliphatic rings. The van der Waals surface area contributed by atoms with Crippen molar-refractivity contribution in [3.05, 3.63) is 54.4 Å². The summed E-state index contributed by atoms with van der Waals surface area (Å²) in [7, 11) is 0. The molecule has 1 unspecified atom stereocenters. The van der Waals surface area contributed by atoms with Gasteiger partial charge in [-0.2, -0.15) is 5.10 Å². The Bertz CT molecular complexity index is 610. The van der Waals surface area contributed by atoms with Crippen LogP contribution in [0.25, 0.3) is 0 Å². The minimum Gasteiger partial charge on any atom is -0.479 e. The normalized spacial score (nSPS) is 13.4. The Morgan fingerprint density at radius 2 is 2.00 bits per heavy atom. The molecule has 1 amide bonds. The highest BCUT2D eigenvalue weighted by atomic mass is 16.4. The van der Waals surface area contributed by atoms with Gasteiger partial charge in [0.2, 0.25) is 5.91 Å². The fourth-order valence-electron chi connectivity index (χ4n) is 2.01. The molecule has 0 aliphatic carbocycles. The number of carbonyl (C=O) groups excluding carboxylic acids is 1. The molecule has 1 aromatic heterocycles. The molecule has 0 fully saturated rings. The van der Waals surface area contributed by atoms with Crippen LogP contribution in [0.5, 0.6) is 0 Å². The summed E-state index contributed by atoms with van der Waals surface area (Å²) >= 11 is 0. The molecule has 110 valence electrons. The molecule has 0 aliphatic heterocycles. The molecule has 0 radical (unpaired) electrons. The molecule has 0 bridgehead atoms. The SMILES string of the molecule is CC(NC(=O)CCn1cccn1)(C(=O)O)c1ccccc1. The number of aliphatic carboxylic acids is 1. The van der Waals surface area contributed by atoms with Crippen LogP contribution in [0.3, 0.4) is 0 Å². The summed E-state index contributed by atoms with van der Waals surface area (Å²) in [4.78, 5) is 23.6. The first kappa shape index (κ1) is 14.8. The quantitative estimate of drug-likeness (QED) is 0.841. The molecule has 0 spiro atoms. The summed E-state index contributed by atoms with van der Waals surface area (Å²) in [5.74, 6) is -1.43. The van der Waals surface area contributed by atoms with Crippen LogP contribution in [-0.4, -0.2) is 26.8 Å². The number of hydrogen-bond donors (Lipinski definition) is 2. The fourth-order valence-corrected chi connectivity index (χ4v) is 2.01. The average molecular weight is 287 g/mol. The van der Waals surface area contributed by atoms with Crippen molar-refractivity contribution in [3.8, 4) is 0 Å². The lowest BCUT2D eigenvalue weighted by atomic mass is 9.92. The molecule has 1 aromatic carbocycles. The van der Waals surface area contributed by atoms with Crippen molar-refractivity contribution in [2.75, 3.05) is 0 Å². The van der Waals surface area contributed by atoms with Crippen LogP contribution in [-0.2, 0) is 21.7 Å². The number of rotatable bonds is 6. The van der Waals surface area contributed by atoms with Gasteiger partial charge in [-0.15, -0.1) is 0 Å². The van der Waals surface area contributed by atoms with Gasteiger partial charge in [0.05, 0.1) is 0 Å². The van der Waals surface area contributed by atoms with Gasteiger partial charge in [-0.05, 0) is 18.6 Å². The number of nitrogens with zero attached hydrogens (tertiary/aromatic N) is 2. The van der Waals surface area contributed by atoms with E-state index < -0.39 is 11.5 Å². The van der Waals surface area contributed by atoms with E-state index in [4.69, 9.17) is 0 Å². The second-order valence-electron chi connectivity index (χ2n) is 4.86. The van der Waals surface area contributed by atoms with Gasteiger partial charge in [-0.3, -0.25) is 9.48 Å². The van der Waals surface area contributed by atoms with Gasteiger partial charge < -0.3 is 10.4 Å². The molecule has 0 saturated carbocycles. The Morgan fingerprint density at radius 3 is 2.57 bits per heavy atom. The molecular weight excluding hydrogens is 270 g/mol. The van der Waals surface area contributed by atoms with E-state index in [1.165, 1.54) is 6.92 Å². The molecular formula is C15H17N3O3. The molecule has 2 N–H and O–H groups in total. The number of carboxylic acid groups (broad SMARTS) is 1. The molecule has 1 atom stereocenters. The Kier molecular flexibility index (Phi) is 4.37. The predicted molar refractivity (Wildman–Crippen MR) is 76.4 cm³/mol. The number of aryl methyl sites for hydroxylation is 1. The van der Waals surface area contributed by atoms with E-state index in [0.29, 0.717) is 12.1 Å². The van der Waals surface area contributed by atoms with Crippen LogP contribution in [0, 0.1) is 0 Å². The maximum absolute atomic E-state index is 12.0. The summed E-state index contributed by atoms with van der Waals surface area (Å²) in [6, 6.07) is 10.4. The van der Waals surface area contributed by atoms with E-state index in [9.17, 15) is 14.7 Å². The Hall–Kier alpha value is -2.63. The highest BCUT2D eigenvalue weighted by Crippen LogP contribution is 2.21. The van der Waals surface area contributed by atoms with Crippen molar-refractivity contribution in [1.82, 2.24) is 15.1 Å². The topological polar surface area (TPSA) is 84.2 Å². The molecule has 1 heterocycles. The van der Waals surface area contributed by atoms with Crippen molar-refractivity contribution in [2.45, 2.75) is 25.4 Å². The van der Waals surface area contributed by atoms with Crippen molar-refractivity contribution in [1.29, 1.82) is 0 Å². The molecule has 21 heavy (non-hydrogen) atoms. The first-order valence-electron chi connectivity index (χ1n) is 6.60. The lowest BCUT2D eigenvalue weighted by Crippen LogP contribution is -2.49. The van der Waals surface area contributed by atoms with Gasteiger partial charge in [0.1, 0.15) is 0 Å². The number of carbonyl (C=O) groups is 2. The number of hydrogen-bond acceptors (Lipinski definition) is 3. The zero-order chi connectivity index (χ0) is 15.3. The second-order valence-corrected chi connectivity index (χ2v) is 4.86. The average Bonchev–Trinajstić information content (AvgIpc) is 2.99. The summed E-state index contributed by atoms with van der Waals surface area (Å²) in [5.41, 5.74) is -0.910. The summed E-state index contributed by atoms with van der Waals surface area (Å²) in [6.07, 6.45) is 3.54. The monoisotopic (exact) mass is 287 g/mol. The van der Waals surface area contributed by atoms with E-state index in [1.807, 2.05) is 0 Å². The molecule has 0 saturated heterocycles. The van der Waals surface area contributed by atoms with Gasteiger partial charge >= 0.3 is 5.97 Å². The number of nitrogens with one attached hydrogen (secondary N) is 1. The van der Waals surface area contributed by atoms with Crippen LogP contribution in [0.4, 0.5) is 0 Å². The highest BCUT2D eigenvalue weighted by molar-refractivity contribution is 5.87. The largest absolute Gasteiger partial charge is 0.479 e. The van der Waals surface area contributed by atoms with Crippen LogP contribution in [0.2, 0.25) is 0 Å². The van der Waals surface area contributed by atoms with Crippen LogP contribution in [0.1, 0.15) is 18.9 Å². The zero-order valence-corrected chi connectivity index (χ0v) is 11.7. The third kappa shape index (κ3) is 3.47. The second kappa shape index (κ2) is 6.21. The third-order valence-corrected chi connectivity index (χ3v) is 3.30. The smallest absolute Gasteiger partial charge is 0.333 e. The van der Waals surface area contributed by atoms with E-state index in [-0.39, 0.29) is 12.3 Å². The summed E-state index contributed by atoms with van der Waals surface area (Å²) < 4.78 is 1.63. The third-order valence-electron chi connectivity index (χ3n) is 3.30. The Balaban J connectivity index is 2.06. The minimum atomic E-state index is -1.44. The Labute approximate surface area is 122 Å². The van der Waals surface area contributed by atoms with E-state index in [1.54, 1.807) is 53.5 Å². The van der Waals surface area contributed by atoms with Gasteiger partial charge in [0, 0.05) is 25.4 Å². The van der Waals surface area contributed by atoms with E-state index in [2.05, 4.69) is 10.4 Å². The van der Waals surface area contributed by atoms with Gasteiger partial charge in [-0.25, -0.2) is 4.79 Å². The van der Waals surface area contributed by atoms with Crippen LogP contribution >= 0.6 is 0 Å². The van der Waals surface area contributed by atoms with Crippen molar-refractivity contribution < 1.29 is 14.7 Å². The lowest BCUT2D eigenvalue weighted by Gasteiger charge is -2.26. The number of amides is 1. The van der Waals surface area contributed by atoms with Crippen LogP contribution < -0.4 is 5.32 Å². The van der Waals surface area contributed by atoms with Gasteiger partial charge in [-0.1, -0.05) is 30.3 Å². The fraction of sp³-hybridized carbons (Fsp3) is 0.267. The number of carboxylic acids is 1. The standard InChI is InChI=1S/C15H17N3O3/c1-15(14(20)21,12-6-3-2-4-7-12)17-13(19)8-11-18-10-5-9-16-18/h2-7,9-10H,8,11H2,1H3,(H,17,19)(H,20,21). The molecule has 2 aromatic rings. The predicted octanol–water partition coefficient (Wildman–Crippen LogP) is 1.39. The maximum Gasteiger partial charge on any atom is 0.333 e. The minimum absolute atomic E-state index is 0.164. The van der Waals surface area contributed by atoms with Crippen molar-refractivity contribution in [2.24, 2.45) is 0 Å². The van der Waals surface area contributed by atoms with E-state index in [0.717, 1.165) is 0 Å². The van der Waals surface area contributed by atoms with Crippen LogP contribution in [0.15, 0.2) is 48.8 Å². The lowest BCUT2D eigenvalue weighted by molar-refractivity contribution is -0.147. The van der Waals surface area contributed by atoms with Gasteiger partial charge in [0.15, 0.2) is 5.54 Å². The summed E-state index contributed by atoms with van der Waals surface area (Å²) in [5, 5.41) is 16.0. The molecule has 2 rings (SSSR count). The van der Waals surface area contributed by atoms with Gasteiger partial charge in [0.25, 0.3) is 0 Å². The first-order valence-corrected chi connectivity index (χ1v) is 6.60. The maximum atomic E-state index is 12.0. The van der Waals surface area contributed by atoms with E-state index >= 15 is 0 Å². The van der Waals surface area contributed by atoms with Crippen molar-refractivity contribution >= 4 is 11.9 Å². The number of aromatic nitrogens is 2. The first-order chi connectivity index (χ1) is 10.0. The molecule has 6 heteroatoms. The molecule has 6 nitrogen and oxygen atoms in total. The highest BCUT2D eigenvalue weighted by Gasteiger charge is 2.36.